The summed E-state index contributed by atoms with van der Waals surface area (Å²) < 4.78 is 21.5. The van der Waals surface area contributed by atoms with Crippen LogP contribution < -0.4 is 19.1 Å². The largest absolute Gasteiger partial charge is 0.495 e. The topological polar surface area (TPSA) is 86.9 Å². The number of anilines is 1. The van der Waals surface area contributed by atoms with Gasteiger partial charge in [0.2, 0.25) is 17.6 Å². The molecule has 0 spiro atoms. The minimum atomic E-state index is -0.191. The van der Waals surface area contributed by atoms with Gasteiger partial charge < -0.3 is 23.6 Å². The van der Waals surface area contributed by atoms with E-state index in [0.29, 0.717) is 41.9 Å². The third-order valence-corrected chi connectivity index (χ3v) is 5.18. The second-order valence-corrected chi connectivity index (χ2v) is 7.11. The van der Waals surface area contributed by atoms with Crippen molar-refractivity contribution in [3.8, 4) is 28.6 Å². The first-order valence-electron chi connectivity index (χ1n) is 9.55. The summed E-state index contributed by atoms with van der Waals surface area (Å²) >= 11 is 0. The lowest BCUT2D eigenvalue weighted by Gasteiger charge is -2.19. The third-order valence-electron chi connectivity index (χ3n) is 5.18. The Morgan fingerprint density at radius 2 is 1.73 bits per heavy atom. The van der Waals surface area contributed by atoms with E-state index < -0.39 is 0 Å². The van der Waals surface area contributed by atoms with E-state index in [1.54, 1.807) is 38.4 Å². The molecule has 8 nitrogen and oxygen atoms in total. The molecule has 30 heavy (non-hydrogen) atoms. The zero-order valence-corrected chi connectivity index (χ0v) is 17.3. The van der Waals surface area contributed by atoms with E-state index in [0.717, 1.165) is 16.8 Å². The Hall–Kier alpha value is -3.55. The molecule has 1 aliphatic rings. The van der Waals surface area contributed by atoms with Crippen molar-refractivity contribution in [1.29, 1.82) is 0 Å². The number of nitrogens with zero attached hydrogens (tertiary/aromatic N) is 3. The van der Waals surface area contributed by atoms with Crippen molar-refractivity contribution < 1.29 is 23.5 Å². The summed E-state index contributed by atoms with van der Waals surface area (Å²) in [6.45, 7) is 2.43. The molecule has 0 radical (unpaired) electrons. The van der Waals surface area contributed by atoms with Gasteiger partial charge in [0.1, 0.15) is 5.75 Å². The molecule has 1 aliphatic heterocycles. The average Bonchev–Trinajstić information content (AvgIpc) is 3.40. The number of aromatic nitrogens is 2. The SMILES string of the molecule is COc1ccc(-c2noc(C3CC(=O)N(c4cc(C)ccc4OC)C3)n2)cc1OC. The van der Waals surface area contributed by atoms with Gasteiger partial charge in [0.25, 0.3) is 0 Å². The van der Waals surface area contributed by atoms with Crippen LogP contribution in [0.1, 0.15) is 23.8 Å². The predicted molar refractivity (Wildman–Crippen MR) is 110 cm³/mol. The fourth-order valence-corrected chi connectivity index (χ4v) is 3.61. The van der Waals surface area contributed by atoms with Gasteiger partial charge in [-0.2, -0.15) is 4.98 Å². The van der Waals surface area contributed by atoms with Gasteiger partial charge in [0.15, 0.2) is 11.5 Å². The number of hydrogen-bond acceptors (Lipinski definition) is 7. The Balaban J connectivity index is 1.58. The lowest BCUT2D eigenvalue weighted by atomic mass is 10.1. The van der Waals surface area contributed by atoms with Crippen LogP contribution in [0, 0.1) is 6.92 Å². The van der Waals surface area contributed by atoms with Crippen molar-refractivity contribution in [2.24, 2.45) is 0 Å². The number of carbonyl (C=O) groups excluding carboxylic acids is 1. The van der Waals surface area contributed by atoms with Gasteiger partial charge in [-0.1, -0.05) is 11.2 Å². The molecular weight excluding hydrogens is 386 g/mol. The molecule has 1 aromatic heterocycles. The molecule has 1 atom stereocenters. The van der Waals surface area contributed by atoms with Crippen molar-refractivity contribution >= 4 is 11.6 Å². The highest BCUT2D eigenvalue weighted by atomic mass is 16.5. The zero-order valence-electron chi connectivity index (χ0n) is 17.3. The van der Waals surface area contributed by atoms with Crippen molar-refractivity contribution in [1.82, 2.24) is 10.1 Å². The predicted octanol–water partition coefficient (Wildman–Crippen LogP) is 3.59. The average molecular weight is 409 g/mol. The van der Waals surface area contributed by atoms with Crippen LogP contribution in [0.4, 0.5) is 5.69 Å². The van der Waals surface area contributed by atoms with Gasteiger partial charge in [-0.3, -0.25) is 4.79 Å². The van der Waals surface area contributed by atoms with Crippen molar-refractivity contribution in [3.63, 3.8) is 0 Å². The molecule has 8 heteroatoms. The minimum Gasteiger partial charge on any atom is -0.495 e. The van der Waals surface area contributed by atoms with E-state index in [4.69, 9.17) is 18.7 Å². The van der Waals surface area contributed by atoms with Gasteiger partial charge in [0.05, 0.1) is 32.9 Å². The summed E-state index contributed by atoms with van der Waals surface area (Å²) in [5, 5.41) is 4.10. The molecule has 0 aliphatic carbocycles. The van der Waals surface area contributed by atoms with Crippen molar-refractivity contribution in [2.75, 3.05) is 32.8 Å². The Morgan fingerprint density at radius 1 is 1.00 bits per heavy atom. The molecule has 2 heterocycles. The van der Waals surface area contributed by atoms with Gasteiger partial charge in [-0.05, 0) is 42.8 Å². The molecule has 1 amide bonds. The Morgan fingerprint density at radius 3 is 2.47 bits per heavy atom. The summed E-state index contributed by atoms with van der Waals surface area (Å²) in [5.74, 6) is 2.53. The maximum Gasteiger partial charge on any atom is 0.232 e. The first kappa shape index (κ1) is 19.8. The second kappa shape index (κ2) is 8.06. The van der Waals surface area contributed by atoms with Gasteiger partial charge in [0, 0.05) is 18.5 Å². The third kappa shape index (κ3) is 3.56. The standard InChI is InChI=1S/C22H23N3O5/c1-13-5-7-17(27-2)16(9-13)25-12-15(11-20(25)26)22-23-21(24-30-22)14-6-8-18(28-3)19(10-14)29-4/h5-10,15H,11-12H2,1-4H3. The Bertz CT molecular complexity index is 1080. The lowest BCUT2D eigenvalue weighted by Crippen LogP contribution is -2.25. The zero-order chi connectivity index (χ0) is 21.3. The van der Waals surface area contributed by atoms with Gasteiger partial charge >= 0.3 is 0 Å². The van der Waals surface area contributed by atoms with Crippen LogP contribution in [-0.4, -0.2) is 43.9 Å². The van der Waals surface area contributed by atoms with E-state index in [1.165, 1.54) is 0 Å². The first-order valence-corrected chi connectivity index (χ1v) is 9.55. The maximum atomic E-state index is 12.7. The highest BCUT2D eigenvalue weighted by Gasteiger charge is 2.36. The number of rotatable bonds is 6. The summed E-state index contributed by atoms with van der Waals surface area (Å²) in [4.78, 5) is 19.0. The number of carbonyl (C=O) groups is 1. The second-order valence-electron chi connectivity index (χ2n) is 7.11. The van der Waals surface area contributed by atoms with Crippen molar-refractivity contribution in [2.45, 2.75) is 19.3 Å². The fourth-order valence-electron chi connectivity index (χ4n) is 3.61. The quantitative estimate of drug-likeness (QED) is 0.615. The van der Waals surface area contributed by atoms with Crippen molar-refractivity contribution in [3.05, 3.63) is 47.9 Å². The van der Waals surface area contributed by atoms with Crippen LogP contribution in [0.5, 0.6) is 17.2 Å². The van der Waals surface area contributed by atoms with Crippen LogP contribution in [-0.2, 0) is 4.79 Å². The van der Waals surface area contributed by atoms with Crippen LogP contribution in [0.15, 0.2) is 40.9 Å². The molecule has 0 N–H and O–H groups in total. The molecule has 1 unspecified atom stereocenters. The number of benzene rings is 2. The molecular formula is C22H23N3O5. The van der Waals surface area contributed by atoms with E-state index in [2.05, 4.69) is 10.1 Å². The summed E-state index contributed by atoms with van der Waals surface area (Å²) in [6, 6.07) is 11.2. The van der Waals surface area contributed by atoms with Crippen LogP contribution in [0.2, 0.25) is 0 Å². The number of ether oxygens (including phenoxy) is 3. The molecule has 4 rings (SSSR count). The highest BCUT2D eigenvalue weighted by molar-refractivity contribution is 5.97. The number of methoxy groups -OCH3 is 3. The number of amides is 1. The fraction of sp³-hybridized carbons (Fsp3) is 0.318. The van der Waals surface area contributed by atoms with Crippen LogP contribution in [0.3, 0.4) is 0 Å². The van der Waals surface area contributed by atoms with Gasteiger partial charge in [-0.15, -0.1) is 0 Å². The van der Waals surface area contributed by atoms with Crippen LogP contribution in [0.25, 0.3) is 11.4 Å². The molecule has 1 fully saturated rings. The normalized spacial score (nSPS) is 16.1. The van der Waals surface area contributed by atoms with E-state index in [-0.39, 0.29) is 11.8 Å². The molecule has 0 bridgehead atoms. The molecule has 3 aromatic rings. The maximum absolute atomic E-state index is 12.7. The van der Waals surface area contributed by atoms with E-state index in [9.17, 15) is 4.79 Å². The van der Waals surface area contributed by atoms with Crippen LogP contribution >= 0.6 is 0 Å². The van der Waals surface area contributed by atoms with E-state index in [1.807, 2.05) is 31.2 Å². The highest BCUT2D eigenvalue weighted by Crippen LogP contribution is 2.37. The number of aryl methyl sites for hydroxylation is 1. The monoisotopic (exact) mass is 409 g/mol. The molecule has 0 saturated carbocycles. The smallest absolute Gasteiger partial charge is 0.232 e. The summed E-state index contributed by atoms with van der Waals surface area (Å²) in [7, 11) is 4.75. The number of hydrogen-bond donors (Lipinski definition) is 0. The first-order chi connectivity index (χ1) is 14.5. The summed E-state index contributed by atoms with van der Waals surface area (Å²) in [5.41, 5.74) is 2.55. The lowest BCUT2D eigenvalue weighted by molar-refractivity contribution is -0.117. The van der Waals surface area contributed by atoms with E-state index >= 15 is 0 Å². The van der Waals surface area contributed by atoms with Gasteiger partial charge in [-0.25, -0.2) is 0 Å². The Kier molecular flexibility index (Phi) is 5.31. The Labute approximate surface area is 174 Å². The molecule has 1 saturated heterocycles. The molecule has 156 valence electrons. The minimum absolute atomic E-state index is 0.00485. The summed E-state index contributed by atoms with van der Waals surface area (Å²) in [6.07, 6.45) is 0.296. The molecule has 2 aromatic carbocycles.